The topological polar surface area (TPSA) is 6.48 Å². The summed E-state index contributed by atoms with van der Waals surface area (Å²) in [5.74, 6) is 0. The Labute approximate surface area is 80.2 Å². The lowest BCUT2D eigenvalue weighted by molar-refractivity contribution is 0.168. The minimum Gasteiger partial charge on any atom is -0.353 e. The Hall–Kier alpha value is -0.660. The smallest absolute Gasteiger partial charge is 0.0905 e. The molecule has 2 aliphatic heterocycles. The summed E-state index contributed by atoms with van der Waals surface area (Å²) in [5, 5.41) is 0. The van der Waals surface area contributed by atoms with Gasteiger partial charge in [-0.15, -0.1) is 0 Å². The summed E-state index contributed by atoms with van der Waals surface area (Å²) < 4.78 is 0. The van der Waals surface area contributed by atoms with Crippen molar-refractivity contribution in [2.24, 2.45) is 5.41 Å². The molecule has 3 rings (SSSR count). The van der Waals surface area contributed by atoms with Crippen LogP contribution in [-0.4, -0.2) is 28.6 Å². The van der Waals surface area contributed by atoms with Crippen LogP contribution in [0.25, 0.3) is 0 Å². The summed E-state index contributed by atoms with van der Waals surface area (Å²) in [5.41, 5.74) is 4.10. The molecule has 0 unspecified atom stereocenters. The summed E-state index contributed by atoms with van der Waals surface area (Å²) in [6, 6.07) is 0. The van der Waals surface area contributed by atoms with Gasteiger partial charge in [0.2, 0.25) is 0 Å². The van der Waals surface area contributed by atoms with Crippen molar-refractivity contribution < 1.29 is 0 Å². The Balaban J connectivity index is 2.04. The molecule has 0 aromatic heterocycles. The van der Waals surface area contributed by atoms with Gasteiger partial charge in [0.05, 0.1) is 12.2 Å². The van der Waals surface area contributed by atoms with Crippen LogP contribution in [0.15, 0.2) is 11.4 Å². The average molecular weight is 178 g/mol. The molecule has 0 saturated carbocycles. The molecule has 1 saturated heterocycles. The highest BCUT2D eigenvalue weighted by Crippen LogP contribution is 2.57. The highest BCUT2D eigenvalue weighted by atomic mass is 15.5. The summed E-state index contributed by atoms with van der Waals surface area (Å²) in [4.78, 5) is 5.16. The monoisotopic (exact) mass is 178 g/mol. The first kappa shape index (κ1) is 7.72. The SMILES string of the molecule is CC1(C)CC2=C1N1CN2C(C)(C)C1. The van der Waals surface area contributed by atoms with Gasteiger partial charge in [0.1, 0.15) is 0 Å². The summed E-state index contributed by atoms with van der Waals surface area (Å²) in [7, 11) is 0. The third-order valence-electron chi connectivity index (χ3n) is 3.79. The maximum Gasteiger partial charge on any atom is 0.0905 e. The fraction of sp³-hybridized carbons (Fsp3) is 0.818. The fourth-order valence-electron chi connectivity index (χ4n) is 3.27. The second kappa shape index (κ2) is 1.75. The molecule has 0 aromatic rings. The first-order valence-corrected chi connectivity index (χ1v) is 5.18. The van der Waals surface area contributed by atoms with Crippen molar-refractivity contribution in [1.29, 1.82) is 0 Å². The highest BCUT2D eigenvalue weighted by molar-refractivity contribution is 5.38. The van der Waals surface area contributed by atoms with Crippen LogP contribution in [0.3, 0.4) is 0 Å². The molecular formula is C11H18N2. The average Bonchev–Trinajstić information content (AvgIpc) is 2.34. The third-order valence-corrected chi connectivity index (χ3v) is 3.79. The van der Waals surface area contributed by atoms with E-state index in [-0.39, 0.29) is 0 Å². The van der Waals surface area contributed by atoms with Gasteiger partial charge in [-0.2, -0.15) is 0 Å². The van der Waals surface area contributed by atoms with Crippen molar-refractivity contribution in [2.75, 3.05) is 13.2 Å². The normalized spacial score (nSPS) is 32.3. The molecule has 0 amide bonds. The van der Waals surface area contributed by atoms with Gasteiger partial charge in [0, 0.05) is 23.4 Å². The van der Waals surface area contributed by atoms with Gasteiger partial charge in [-0.25, -0.2) is 0 Å². The van der Waals surface area contributed by atoms with Gasteiger partial charge < -0.3 is 9.80 Å². The van der Waals surface area contributed by atoms with Gasteiger partial charge in [-0.3, -0.25) is 0 Å². The van der Waals surface area contributed by atoms with Crippen LogP contribution >= 0.6 is 0 Å². The fourth-order valence-corrected chi connectivity index (χ4v) is 3.27. The molecule has 2 heterocycles. The van der Waals surface area contributed by atoms with E-state index in [2.05, 4.69) is 37.5 Å². The first-order valence-electron chi connectivity index (χ1n) is 5.18. The molecule has 0 atom stereocenters. The predicted octanol–water partition coefficient (Wildman–Crippen LogP) is 2.00. The molecule has 0 spiro atoms. The predicted molar refractivity (Wildman–Crippen MR) is 52.9 cm³/mol. The number of hydrogen-bond acceptors (Lipinski definition) is 2. The molecule has 3 aliphatic rings. The molecular weight excluding hydrogens is 160 g/mol. The molecule has 2 bridgehead atoms. The zero-order valence-corrected chi connectivity index (χ0v) is 9.02. The van der Waals surface area contributed by atoms with Gasteiger partial charge in [-0.1, -0.05) is 13.8 Å². The van der Waals surface area contributed by atoms with Crippen LogP contribution in [0.1, 0.15) is 34.1 Å². The Morgan fingerprint density at radius 2 is 1.85 bits per heavy atom. The molecule has 13 heavy (non-hydrogen) atoms. The van der Waals surface area contributed by atoms with E-state index in [1.807, 2.05) is 0 Å². The zero-order chi connectivity index (χ0) is 9.43. The summed E-state index contributed by atoms with van der Waals surface area (Å²) in [6.07, 6.45) is 1.28. The lowest BCUT2D eigenvalue weighted by Crippen LogP contribution is -2.48. The van der Waals surface area contributed by atoms with Crippen LogP contribution in [0.2, 0.25) is 0 Å². The van der Waals surface area contributed by atoms with E-state index in [1.165, 1.54) is 13.0 Å². The van der Waals surface area contributed by atoms with Gasteiger partial charge in [0.25, 0.3) is 0 Å². The standard InChI is InChI=1S/C11H18N2/c1-10(2)5-8-9(10)12-6-11(3,4)13(8)7-12/h5-7H2,1-4H3. The Morgan fingerprint density at radius 3 is 2.38 bits per heavy atom. The van der Waals surface area contributed by atoms with E-state index in [9.17, 15) is 0 Å². The van der Waals surface area contributed by atoms with Crippen LogP contribution in [-0.2, 0) is 0 Å². The highest BCUT2D eigenvalue weighted by Gasteiger charge is 2.55. The van der Waals surface area contributed by atoms with Gasteiger partial charge >= 0.3 is 0 Å². The number of hydrogen-bond donors (Lipinski definition) is 0. The Morgan fingerprint density at radius 1 is 1.15 bits per heavy atom. The number of nitrogens with zero attached hydrogens (tertiary/aromatic N) is 2. The molecule has 1 aliphatic carbocycles. The maximum absolute atomic E-state index is 2.59. The lowest BCUT2D eigenvalue weighted by Gasteiger charge is -2.48. The van der Waals surface area contributed by atoms with Crippen LogP contribution in [0.5, 0.6) is 0 Å². The molecule has 2 heteroatoms. The van der Waals surface area contributed by atoms with Crippen molar-refractivity contribution in [3.63, 3.8) is 0 Å². The molecule has 0 radical (unpaired) electrons. The largest absolute Gasteiger partial charge is 0.353 e. The first-order chi connectivity index (χ1) is 5.92. The number of allylic oxidation sites excluding steroid dienone is 2. The van der Waals surface area contributed by atoms with Crippen LogP contribution in [0, 0.1) is 5.41 Å². The number of fused-ring (bicyclic) bond motifs is 4. The molecule has 0 aromatic carbocycles. The zero-order valence-electron chi connectivity index (χ0n) is 9.02. The molecule has 72 valence electrons. The second-order valence-electron chi connectivity index (χ2n) is 5.94. The van der Waals surface area contributed by atoms with E-state index in [1.54, 1.807) is 11.4 Å². The van der Waals surface area contributed by atoms with E-state index in [4.69, 9.17) is 0 Å². The Kier molecular flexibility index (Phi) is 1.04. The quantitative estimate of drug-likeness (QED) is 0.560. The van der Waals surface area contributed by atoms with Crippen molar-refractivity contribution in [3.8, 4) is 0 Å². The van der Waals surface area contributed by atoms with Crippen molar-refractivity contribution in [1.82, 2.24) is 9.80 Å². The van der Waals surface area contributed by atoms with Crippen molar-refractivity contribution in [2.45, 2.75) is 39.7 Å². The van der Waals surface area contributed by atoms with Crippen LogP contribution in [0.4, 0.5) is 0 Å². The minimum atomic E-state index is 0.384. The molecule has 1 fully saturated rings. The van der Waals surface area contributed by atoms with Crippen molar-refractivity contribution in [3.05, 3.63) is 11.4 Å². The second-order valence-corrected chi connectivity index (χ2v) is 5.94. The minimum absolute atomic E-state index is 0.384. The summed E-state index contributed by atoms with van der Waals surface area (Å²) >= 11 is 0. The van der Waals surface area contributed by atoms with E-state index in [0.717, 1.165) is 6.67 Å². The summed E-state index contributed by atoms with van der Waals surface area (Å²) in [6.45, 7) is 11.8. The lowest BCUT2D eigenvalue weighted by atomic mass is 9.71. The van der Waals surface area contributed by atoms with E-state index in [0.29, 0.717) is 11.0 Å². The van der Waals surface area contributed by atoms with E-state index >= 15 is 0 Å². The van der Waals surface area contributed by atoms with Crippen molar-refractivity contribution >= 4 is 0 Å². The van der Waals surface area contributed by atoms with Gasteiger partial charge in [-0.05, 0) is 20.3 Å². The number of rotatable bonds is 0. The Bertz CT molecular complexity index is 312. The van der Waals surface area contributed by atoms with Crippen LogP contribution < -0.4 is 0 Å². The van der Waals surface area contributed by atoms with E-state index < -0.39 is 0 Å². The molecule has 2 nitrogen and oxygen atoms in total. The maximum atomic E-state index is 2.59. The van der Waals surface area contributed by atoms with Gasteiger partial charge in [0.15, 0.2) is 0 Å². The third kappa shape index (κ3) is 0.710. The molecule has 0 N–H and O–H groups in total.